The molecule has 0 saturated carbocycles. The summed E-state index contributed by atoms with van der Waals surface area (Å²) < 4.78 is 5.66. The van der Waals surface area contributed by atoms with Crippen LogP contribution >= 0.6 is 23.2 Å². The maximum Gasteiger partial charge on any atom is 0.219 e. The van der Waals surface area contributed by atoms with Crippen LogP contribution in [0.1, 0.15) is 11.3 Å². The minimum atomic E-state index is 0.392. The Bertz CT molecular complexity index is 588. The van der Waals surface area contributed by atoms with E-state index in [1.165, 1.54) is 0 Å². The van der Waals surface area contributed by atoms with Crippen molar-refractivity contribution in [3.8, 4) is 11.6 Å². The van der Waals surface area contributed by atoms with Crippen LogP contribution in [0.2, 0.25) is 10.0 Å². The van der Waals surface area contributed by atoms with Crippen LogP contribution in [0.5, 0.6) is 11.6 Å². The van der Waals surface area contributed by atoms with Crippen LogP contribution in [0.3, 0.4) is 0 Å². The van der Waals surface area contributed by atoms with Crippen LogP contribution < -0.4 is 10.1 Å². The molecule has 0 amide bonds. The number of aryl methyl sites for hydroxylation is 1. The molecule has 3 nitrogen and oxygen atoms in total. The molecule has 0 atom stereocenters. The summed E-state index contributed by atoms with van der Waals surface area (Å²) in [4.78, 5) is 4.39. The molecule has 0 saturated heterocycles. The van der Waals surface area contributed by atoms with E-state index in [9.17, 15) is 0 Å². The lowest BCUT2D eigenvalue weighted by Crippen LogP contribution is -2.07. The number of ether oxygens (including phenoxy) is 1. The zero-order valence-electron chi connectivity index (χ0n) is 10.7. The molecule has 0 radical (unpaired) electrons. The van der Waals surface area contributed by atoms with Gasteiger partial charge in [0, 0.05) is 18.3 Å². The summed E-state index contributed by atoms with van der Waals surface area (Å²) in [7, 11) is 1.90. The molecule has 19 heavy (non-hydrogen) atoms. The number of aromatic nitrogens is 1. The molecule has 0 spiro atoms. The van der Waals surface area contributed by atoms with Gasteiger partial charge in [-0.1, -0.05) is 35.3 Å². The summed E-state index contributed by atoms with van der Waals surface area (Å²) >= 11 is 12.0. The average Bonchev–Trinajstić information content (AvgIpc) is 2.38. The lowest BCUT2D eigenvalue weighted by molar-refractivity contribution is 0.461. The number of halogens is 2. The molecule has 100 valence electrons. The van der Waals surface area contributed by atoms with Gasteiger partial charge >= 0.3 is 0 Å². The summed E-state index contributed by atoms with van der Waals surface area (Å²) in [6, 6.07) is 9.05. The van der Waals surface area contributed by atoms with Crippen molar-refractivity contribution in [2.24, 2.45) is 0 Å². The van der Waals surface area contributed by atoms with Gasteiger partial charge in [-0.2, -0.15) is 0 Å². The van der Waals surface area contributed by atoms with Gasteiger partial charge in [-0.15, -0.1) is 0 Å². The van der Waals surface area contributed by atoms with Gasteiger partial charge in [-0.25, -0.2) is 4.98 Å². The maximum absolute atomic E-state index is 6.07. The first-order valence-corrected chi connectivity index (χ1v) is 6.60. The molecule has 0 unspecified atom stereocenters. The van der Waals surface area contributed by atoms with Crippen molar-refractivity contribution in [2.75, 3.05) is 7.05 Å². The Morgan fingerprint density at radius 3 is 2.68 bits per heavy atom. The molecule has 2 aromatic rings. The Morgan fingerprint density at radius 1 is 1.21 bits per heavy atom. The summed E-state index contributed by atoms with van der Waals surface area (Å²) in [6.07, 6.45) is 0. The van der Waals surface area contributed by atoms with Crippen molar-refractivity contribution >= 4 is 23.2 Å². The monoisotopic (exact) mass is 296 g/mol. The van der Waals surface area contributed by atoms with E-state index in [0.717, 1.165) is 17.8 Å². The number of rotatable bonds is 4. The fraction of sp³-hybridized carbons (Fsp3) is 0.214. The second-order valence-corrected chi connectivity index (χ2v) is 4.86. The van der Waals surface area contributed by atoms with Crippen molar-refractivity contribution < 1.29 is 4.74 Å². The van der Waals surface area contributed by atoms with Gasteiger partial charge in [0.05, 0.1) is 5.02 Å². The number of nitrogens with zero attached hydrogens (tertiary/aromatic N) is 1. The molecule has 0 aliphatic rings. The summed E-state index contributed by atoms with van der Waals surface area (Å²) in [5.41, 5.74) is 2.05. The molecule has 2 rings (SSSR count). The first-order chi connectivity index (χ1) is 9.11. The first-order valence-electron chi connectivity index (χ1n) is 5.85. The Hall–Kier alpha value is -1.29. The van der Waals surface area contributed by atoms with Gasteiger partial charge in [0.1, 0.15) is 10.8 Å². The van der Waals surface area contributed by atoms with E-state index in [-0.39, 0.29) is 0 Å². The number of nitrogens with one attached hydrogen (secondary N) is 1. The lowest BCUT2D eigenvalue weighted by atomic mass is 10.2. The number of hydrogen-bond donors (Lipinski definition) is 1. The van der Waals surface area contributed by atoms with Crippen molar-refractivity contribution in [3.05, 3.63) is 51.6 Å². The normalized spacial score (nSPS) is 10.5. The molecule has 1 aromatic heterocycles. The smallest absolute Gasteiger partial charge is 0.219 e. The van der Waals surface area contributed by atoms with Gasteiger partial charge in [0.2, 0.25) is 5.88 Å². The zero-order chi connectivity index (χ0) is 13.8. The van der Waals surface area contributed by atoms with Gasteiger partial charge in [-0.3, -0.25) is 0 Å². The molecule has 0 fully saturated rings. The third kappa shape index (κ3) is 3.38. The van der Waals surface area contributed by atoms with Crippen molar-refractivity contribution in [2.45, 2.75) is 13.5 Å². The molecule has 1 heterocycles. The van der Waals surface area contributed by atoms with Crippen LogP contribution in [0.4, 0.5) is 0 Å². The molecule has 0 aliphatic heterocycles. The molecule has 5 heteroatoms. The van der Waals surface area contributed by atoms with Crippen LogP contribution in [0.25, 0.3) is 0 Å². The topological polar surface area (TPSA) is 34.1 Å². The Labute approximate surface area is 122 Å². The Morgan fingerprint density at radius 2 is 2.00 bits per heavy atom. The Kier molecular flexibility index (Phi) is 4.64. The largest absolute Gasteiger partial charge is 0.437 e. The van der Waals surface area contributed by atoms with Crippen molar-refractivity contribution in [3.63, 3.8) is 0 Å². The minimum Gasteiger partial charge on any atom is -0.437 e. The van der Waals surface area contributed by atoms with Crippen molar-refractivity contribution in [1.29, 1.82) is 0 Å². The SMILES string of the molecule is CNCc1ccc(Oc2cccc(Cl)c2Cl)nc1C. The van der Waals surface area contributed by atoms with Gasteiger partial charge in [0.15, 0.2) is 0 Å². The molecular weight excluding hydrogens is 283 g/mol. The Balaban J connectivity index is 2.24. The van der Waals surface area contributed by atoms with Crippen LogP contribution in [0, 0.1) is 6.92 Å². The number of benzene rings is 1. The van der Waals surface area contributed by atoms with Crippen LogP contribution in [-0.2, 0) is 6.54 Å². The highest BCUT2D eigenvalue weighted by molar-refractivity contribution is 6.42. The second-order valence-electron chi connectivity index (χ2n) is 4.08. The average molecular weight is 297 g/mol. The van der Waals surface area contributed by atoms with Crippen LogP contribution in [-0.4, -0.2) is 12.0 Å². The van der Waals surface area contributed by atoms with Gasteiger partial charge in [0.25, 0.3) is 0 Å². The van der Waals surface area contributed by atoms with Gasteiger partial charge in [-0.05, 0) is 31.7 Å². The van der Waals surface area contributed by atoms with E-state index in [0.29, 0.717) is 21.7 Å². The third-order valence-corrected chi connectivity index (χ3v) is 3.47. The van der Waals surface area contributed by atoms with E-state index in [4.69, 9.17) is 27.9 Å². The predicted octanol–water partition coefficient (Wildman–Crippen LogP) is 4.21. The molecular formula is C14H14Cl2N2O. The highest BCUT2D eigenvalue weighted by Crippen LogP contribution is 2.34. The standard InChI is InChI=1S/C14H14Cl2N2O/c1-9-10(8-17-2)6-7-13(18-9)19-12-5-3-4-11(15)14(12)16/h3-7,17H,8H2,1-2H3. The minimum absolute atomic E-state index is 0.392. The van der Waals surface area contributed by atoms with Crippen LogP contribution in [0.15, 0.2) is 30.3 Å². The maximum atomic E-state index is 6.07. The second kappa shape index (κ2) is 6.24. The quantitative estimate of drug-likeness (QED) is 0.918. The fourth-order valence-electron chi connectivity index (χ4n) is 1.68. The molecule has 1 aromatic carbocycles. The fourth-order valence-corrected chi connectivity index (χ4v) is 2.01. The highest BCUT2D eigenvalue weighted by atomic mass is 35.5. The lowest BCUT2D eigenvalue weighted by Gasteiger charge is -2.10. The van der Waals surface area contributed by atoms with E-state index < -0.39 is 0 Å². The highest BCUT2D eigenvalue weighted by Gasteiger charge is 2.08. The molecule has 1 N–H and O–H groups in total. The van der Waals surface area contributed by atoms with E-state index in [1.807, 2.05) is 26.1 Å². The van der Waals surface area contributed by atoms with E-state index in [2.05, 4.69) is 10.3 Å². The van der Waals surface area contributed by atoms with E-state index in [1.54, 1.807) is 18.2 Å². The summed E-state index contributed by atoms with van der Waals surface area (Å²) in [5, 5.41) is 3.94. The summed E-state index contributed by atoms with van der Waals surface area (Å²) in [5.74, 6) is 1.00. The van der Waals surface area contributed by atoms with Crippen molar-refractivity contribution in [1.82, 2.24) is 10.3 Å². The first kappa shape index (κ1) is 14.1. The number of hydrogen-bond acceptors (Lipinski definition) is 3. The molecule has 0 aliphatic carbocycles. The van der Waals surface area contributed by atoms with Gasteiger partial charge < -0.3 is 10.1 Å². The molecule has 0 bridgehead atoms. The number of pyridine rings is 1. The zero-order valence-corrected chi connectivity index (χ0v) is 12.2. The van der Waals surface area contributed by atoms with E-state index >= 15 is 0 Å². The summed E-state index contributed by atoms with van der Waals surface area (Å²) in [6.45, 7) is 2.72. The third-order valence-electron chi connectivity index (χ3n) is 2.67. The predicted molar refractivity (Wildman–Crippen MR) is 78.3 cm³/mol.